The third kappa shape index (κ3) is 4.60. The van der Waals surface area contributed by atoms with E-state index in [1.165, 1.54) is 0 Å². The number of carbonyl (C=O) groups excluding carboxylic acids is 1. The molecule has 1 aromatic heterocycles. The minimum absolute atomic E-state index is 0.0720. The van der Waals surface area contributed by atoms with Crippen LogP contribution in [0, 0.1) is 0 Å². The molecule has 4 rings (SSSR count). The number of pyridine rings is 1. The second-order valence-electron chi connectivity index (χ2n) is 8.01. The first-order chi connectivity index (χ1) is 14.1. The Morgan fingerprint density at radius 3 is 2.38 bits per heavy atom. The summed E-state index contributed by atoms with van der Waals surface area (Å²) in [4.78, 5) is 24.2. The van der Waals surface area contributed by atoms with Gasteiger partial charge in [-0.25, -0.2) is 4.98 Å². The zero-order valence-electron chi connectivity index (χ0n) is 17.4. The Hall–Kier alpha value is -2.44. The van der Waals surface area contributed by atoms with Crippen LogP contribution < -0.4 is 4.90 Å². The molecule has 0 aliphatic carbocycles. The lowest BCUT2D eigenvalue weighted by atomic mass is 10.0. The van der Waals surface area contributed by atoms with Crippen molar-refractivity contribution in [2.24, 2.45) is 0 Å². The second-order valence-corrected chi connectivity index (χ2v) is 8.01. The first-order valence-corrected chi connectivity index (χ1v) is 10.5. The number of hydrogen-bond donors (Lipinski definition) is 0. The van der Waals surface area contributed by atoms with Crippen LogP contribution in [0.5, 0.6) is 0 Å². The van der Waals surface area contributed by atoms with Crippen molar-refractivity contribution < 1.29 is 9.53 Å². The molecule has 0 bridgehead atoms. The molecule has 0 unspecified atom stereocenters. The number of piperazine rings is 1. The van der Waals surface area contributed by atoms with E-state index in [0.29, 0.717) is 32.3 Å². The van der Waals surface area contributed by atoms with Gasteiger partial charge in [-0.1, -0.05) is 12.1 Å². The van der Waals surface area contributed by atoms with Crippen LogP contribution >= 0.6 is 0 Å². The molecule has 0 spiro atoms. The fraction of sp³-hybridized carbons (Fsp3) is 0.478. The average molecular weight is 395 g/mol. The van der Waals surface area contributed by atoms with Gasteiger partial charge in [0, 0.05) is 62.6 Å². The number of ether oxygens (including phenoxy) is 1. The fourth-order valence-electron chi connectivity index (χ4n) is 3.99. The van der Waals surface area contributed by atoms with Crippen LogP contribution in [0.15, 0.2) is 42.6 Å². The van der Waals surface area contributed by atoms with Gasteiger partial charge in [-0.2, -0.15) is 0 Å². The monoisotopic (exact) mass is 394 g/mol. The minimum Gasteiger partial charge on any atom is -0.378 e. The summed E-state index contributed by atoms with van der Waals surface area (Å²) in [5.74, 6) is 1.10. The molecule has 0 radical (unpaired) electrons. The number of morpholine rings is 1. The zero-order valence-corrected chi connectivity index (χ0v) is 17.4. The predicted octanol–water partition coefficient (Wildman–Crippen LogP) is 2.75. The van der Waals surface area contributed by atoms with Gasteiger partial charge < -0.3 is 14.5 Å². The molecule has 1 aromatic carbocycles. The summed E-state index contributed by atoms with van der Waals surface area (Å²) in [6, 6.07) is 12.6. The molecule has 0 saturated carbocycles. The Kier molecular flexibility index (Phi) is 6.11. The molecular weight excluding hydrogens is 364 g/mol. The van der Waals surface area contributed by atoms with Crippen molar-refractivity contribution in [3.63, 3.8) is 0 Å². The molecule has 0 N–H and O–H groups in total. The first-order valence-electron chi connectivity index (χ1n) is 10.5. The summed E-state index contributed by atoms with van der Waals surface area (Å²) < 4.78 is 5.35. The topological polar surface area (TPSA) is 48.9 Å². The number of carbonyl (C=O) groups is 1. The Morgan fingerprint density at radius 2 is 1.72 bits per heavy atom. The number of rotatable bonds is 4. The Labute approximate surface area is 173 Å². The van der Waals surface area contributed by atoms with Crippen molar-refractivity contribution in [1.29, 1.82) is 0 Å². The Balaban J connectivity index is 1.45. The number of aromatic nitrogens is 1. The third-order valence-corrected chi connectivity index (χ3v) is 5.86. The van der Waals surface area contributed by atoms with E-state index in [9.17, 15) is 4.79 Å². The molecule has 154 valence electrons. The van der Waals surface area contributed by atoms with Gasteiger partial charge in [0.15, 0.2) is 0 Å². The highest BCUT2D eigenvalue weighted by Gasteiger charge is 2.20. The molecule has 6 nitrogen and oxygen atoms in total. The smallest absolute Gasteiger partial charge is 0.254 e. The molecule has 2 fully saturated rings. The molecule has 1 amide bonds. The molecule has 2 aromatic rings. The van der Waals surface area contributed by atoms with Crippen LogP contribution in [0.2, 0.25) is 0 Å². The third-order valence-electron chi connectivity index (χ3n) is 5.86. The van der Waals surface area contributed by atoms with Crippen molar-refractivity contribution in [3.05, 3.63) is 48.2 Å². The molecule has 2 saturated heterocycles. The second kappa shape index (κ2) is 8.93. The molecule has 6 heteroatoms. The average Bonchev–Trinajstić information content (AvgIpc) is 2.79. The summed E-state index contributed by atoms with van der Waals surface area (Å²) in [6.07, 6.45) is 1.92. The van der Waals surface area contributed by atoms with Gasteiger partial charge in [0.25, 0.3) is 5.91 Å². The van der Waals surface area contributed by atoms with Crippen LogP contribution in [-0.4, -0.2) is 79.2 Å². The maximum absolute atomic E-state index is 12.8. The van der Waals surface area contributed by atoms with Crippen molar-refractivity contribution in [1.82, 2.24) is 14.8 Å². The van der Waals surface area contributed by atoms with E-state index < -0.39 is 0 Å². The lowest BCUT2D eigenvalue weighted by molar-refractivity contribution is 0.0303. The van der Waals surface area contributed by atoms with Crippen LogP contribution in [0.4, 0.5) is 5.82 Å². The number of benzene rings is 1. The van der Waals surface area contributed by atoms with Crippen LogP contribution in [0.3, 0.4) is 0 Å². The van der Waals surface area contributed by atoms with E-state index in [4.69, 9.17) is 9.72 Å². The van der Waals surface area contributed by atoms with Crippen molar-refractivity contribution in [2.75, 3.05) is 57.4 Å². The van der Waals surface area contributed by atoms with Gasteiger partial charge >= 0.3 is 0 Å². The normalized spacial score (nSPS) is 18.3. The van der Waals surface area contributed by atoms with Gasteiger partial charge in [0.2, 0.25) is 0 Å². The maximum atomic E-state index is 12.8. The van der Waals surface area contributed by atoms with Gasteiger partial charge in [-0.3, -0.25) is 9.69 Å². The SMILES string of the molecule is CC(C)N1CCN(c2ccc(-c3cccc(C(=O)N4CCOCC4)c3)cn2)CC1. The lowest BCUT2D eigenvalue weighted by Crippen LogP contribution is -2.49. The van der Waals surface area contributed by atoms with Crippen LogP contribution in [0.25, 0.3) is 11.1 Å². The van der Waals surface area contributed by atoms with Crippen molar-refractivity contribution >= 4 is 11.7 Å². The maximum Gasteiger partial charge on any atom is 0.254 e. The molecule has 0 atom stereocenters. The highest BCUT2D eigenvalue weighted by Crippen LogP contribution is 2.23. The van der Waals surface area contributed by atoms with Crippen LogP contribution in [0.1, 0.15) is 24.2 Å². The molecule has 29 heavy (non-hydrogen) atoms. The predicted molar refractivity (Wildman–Crippen MR) is 115 cm³/mol. The summed E-state index contributed by atoms with van der Waals surface area (Å²) in [5, 5.41) is 0. The van der Waals surface area contributed by atoms with E-state index in [1.807, 2.05) is 35.4 Å². The molecular formula is C23H30N4O2. The minimum atomic E-state index is 0.0720. The number of amides is 1. The lowest BCUT2D eigenvalue weighted by Gasteiger charge is -2.37. The summed E-state index contributed by atoms with van der Waals surface area (Å²) in [5.41, 5.74) is 2.78. The van der Waals surface area contributed by atoms with E-state index >= 15 is 0 Å². The number of nitrogens with zero attached hydrogens (tertiary/aromatic N) is 4. The fourth-order valence-corrected chi connectivity index (χ4v) is 3.99. The van der Waals surface area contributed by atoms with E-state index in [-0.39, 0.29) is 5.91 Å². The van der Waals surface area contributed by atoms with E-state index in [0.717, 1.165) is 48.7 Å². The highest BCUT2D eigenvalue weighted by molar-refractivity contribution is 5.95. The Bertz CT molecular complexity index is 823. The Morgan fingerprint density at radius 1 is 0.966 bits per heavy atom. The van der Waals surface area contributed by atoms with Gasteiger partial charge in [-0.15, -0.1) is 0 Å². The number of anilines is 1. The van der Waals surface area contributed by atoms with E-state index in [1.54, 1.807) is 0 Å². The quantitative estimate of drug-likeness (QED) is 0.798. The standard InChI is InChI=1S/C23H30N4O2/c1-18(2)25-8-10-26(11-9-25)22-7-6-21(17-24-22)19-4-3-5-20(16-19)23(28)27-12-14-29-15-13-27/h3-7,16-18H,8-15H2,1-2H3. The molecule has 2 aliphatic heterocycles. The van der Waals surface area contributed by atoms with Crippen molar-refractivity contribution in [2.45, 2.75) is 19.9 Å². The number of hydrogen-bond acceptors (Lipinski definition) is 5. The summed E-state index contributed by atoms with van der Waals surface area (Å²) >= 11 is 0. The van der Waals surface area contributed by atoms with Gasteiger partial charge in [0.1, 0.15) is 5.82 Å². The summed E-state index contributed by atoms with van der Waals surface area (Å²) in [7, 11) is 0. The zero-order chi connectivity index (χ0) is 20.2. The van der Waals surface area contributed by atoms with E-state index in [2.05, 4.69) is 35.8 Å². The first kappa shape index (κ1) is 19.9. The van der Waals surface area contributed by atoms with Crippen LogP contribution in [-0.2, 0) is 4.74 Å². The largest absolute Gasteiger partial charge is 0.378 e. The highest BCUT2D eigenvalue weighted by atomic mass is 16.5. The molecule has 2 aliphatic rings. The summed E-state index contributed by atoms with van der Waals surface area (Å²) in [6.45, 7) is 11.2. The van der Waals surface area contributed by atoms with Gasteiger partial charge in [0.05, 0.1) is 13.2 Å². The van der Waals surface area contributed by atoms with Crippen molar-refractivity contribution in [3.8, 4) is 11.1 Å². The molecule has 3 heterocycles. The van der Waals surface area contributed by atoms with Gasteiger partial charge in [-0.05, 0) is 43.7 Å².